The summed E-state index contributed by atoms with van der Waals surface area (Å²) in [5.74, 6) is 3.34. The first-order valence-electron chi connectivity index (χ1n) is 5.03. The smallest absolute Gasteiger partial charge is 0.0164 e. The molecule has 0 amide bonds. The number of hydrogen-bond acceptors (Lipinski definition) is 2. The van der Waals surface area contributed by atoms with E-state index in [2.05, 4.69) is 13.8 Å². The molecular weight excluding hydrogens is 166 g/mol. The van der Waals surface area contributed by atoms with Gasteiger partial charge < -0.3 is 5.73 Å². The molecule has 1 rings (SSSR count). The third-order valence-corrected chi connectivity index (χ3v) is 3.74. The summed E-state index contributed by atoms with van der Waals surface area (Å²) in [6.07, 6.45) is 5.05. The van der Waals surface area contributed by atoms with Crippen molar-refractivity contribution in [3.05, 3.63) is 0 Å². The molecular formula is C10H21NS. The Bertz CT molecular complexity index is 138. The number of nitrogens with two attached hydrogens (primary N) is 1. The third kappa shape index (κ3) is 2.98. The van der Waals surface area contributed by atoms with Gasteiger partial charge in [-0.1, -0.05) is 13.8 Å². The van der Waals surface area contributed by atoms with Crippen LogP contribution in [0.25, 0.3) is 0 Å². The second-order valence-electron chi connectivity index (χ2n) is 4.16. The highest BCUT2D eigenvalue weighted by molar-refractivity contribution is 7.99. The molecule has 0 radical (unpaired) electrons. The van der Waals surface area contributed by atoms with E-state index in [0.717, 1.165) is 5.92 Å². The molecule has 1 nitrogen and oxygen atoms in total. The van der Waals surface area contributed by atoms with Crippen LogP contribution in [0.4, 0.5) is 0 Å². The van der Waals surface area contributed by atoms with Gasteiger partial charge in [-0.3, -0.25) is 0 Å². The summed E-state index contributed by atoms with van der Waals surface area (Å²) < 4.78 is 0. The summed E-state index contributed by atoms with van der Waals surface area (Å²) in [5.41, 5.74) is 6.47. The minimum atomic E-state index is 0.196. The van der Waals surface area contributed by atoms with Crippen molar-refractivity contribution in [2.75, 3.05) is 11.5 Å². The van der Waals surface area contributed by atoms with Crippen molar-refractivity contribution >= 4 is 11.8 Å². The molecule has 0 aromatic carbocycles. The Morgan fingerprint density at radius 2 is 2.33 bits per heavy atom. The van der Waals surface area contributed by atoms with Gasteiger partial charge in [-0.05, 0) is 43.1 Å². The van der Waals surface area contributed by atoms with E-state index >= 15 is 0 Å². The molecule has 0 aromatic rings. The lowest BCUT2D eigenvalue weighted by molar-refractivity contribution is 0.411. The quantitative estimate of drug-likeness (QED) is 0.685. The van der Waals surface area contributed by atoms with Gasteiger partial charge in [0.1, 0.15) is 0 Å². The predicted octanol–water partition coefficient (Wildman–Crippen LogP) is 2.65. The van der Waals surface area contributed by atoms with Crippen LogP contribution in [0, 0.1) is 5.92 Å². The van der Waals surface area contributed by atoms with Crippen LogP contribution in [-0.2, 0) is 0 Å². The van der Waals surface area contributed by atoms with Crippen LogP contribution >= 0.6 is 11.8 Å². The highest BCUT2D eigenvalue weighted by Crippen LogP contribution is 2.35. The van der Waals surface area contributed by atoms with Gasteiger partial charge >= 0.3 is 0 Å². The maximum atomic E-state index is 6.28. The van der Waals surface area contributed by atoms with Gasteiger partial charge in [0.25, 0.3) is 0 Å². The van der Waals surface area contributed by atoms with Gasteiger partial charge in [-0.25, -0.2) is 0 Å². The molecule has 12 heavy (non-hydrogen) atoms. The Kier molecular flexibility index (Phi) is 3.91. The maximum absolute atomic E-state index is 6.28. The number of rotatable bonds is 4. The SMILES string of the molecule is CCSCCC1(N)CCC(C)C1. The van der Waals surface area contributed by atoms with E-state index in [9.17, 15) is 0 Å². The van der Waals surface area contributed by atoms with E-state index in [1.165, 1.54) is 37.2 Å². The van der Waals surface area contributed by atoms with Gasteiger partial charge in [0.15, 0.2) is 0 Å². The van der Waals surface area contributed by atoms with Crippen molar-refractivity contribution in [1.82, 2.24) is 0 Å². The Hall–Kier alpha value is 0.310. The Morgan fingerprint density at radius 1 is 1.58 bits per heavy atom. The Labute approximate surface area is 80.5 Å². The summed E-state index contributed by atoms with van der Waals surface area (Å²) in [6, 6.07) is 0. The fourth-order valence-corrected chi connectivity index (χ4v) is 2.92. The molecule has 0 bridgehead atoms. The van der Waals surface area contributed by atoms with E-state index in [0.29, 0.717) is 0 Å². The average molecular weight is 187 g/mol. The standard InChI is InChI=1S/C10H21NS/c1-3-12-7-6-10(11)5-4-9(2)8-10/h9H,3-8,11H2,1-2H3. The lowest BCUT2D eigenvalue weighted by atomic mass is 9.95. The predicted molar refractivity (Wildman–Crippen MR) is 57.5 cm³/mol. The Morgan fingerprint density at radius 3 is 2.83 bits per heavy atom. The van der Waals surface area contributed by atoms with Crippen molar-refractivity contribution in [2.24, 2.45) is 11.7 Å². The molecule has 2 heteroatoms. The zero-order valence-corrected chi connectivity index (χ0v) is 9.12. The fourth-order valence-electron chi connectivity index (χ4n) is 2.08. The first-order valence-corrected chi connectivity index (χ1v) is 6.18. The van der Waals surface area contributed by atoms with Crippen LogP contribution in [-0.4, -0.2) is 17.0 Å². The van der Waals surface area contributed by atoms with Gasteiger partial charge in [-0.2, -0.15) is 11.8 Å². The van der Waals surface area contributed by atoms with Crippen molar-refractivity contribution in [2.45, 2.75) is 45.1 Å². The molecule has 0 spiro atoms. The van der Waals surface area contributed by atoms with Crippen LogP contribution < -0.4 is 5.73 Å². The van der Waals surface area contributed by atoms with Crippen LogP contribution in [0.5, 0.6) is 0 Å². The van der Waals surface area contributed by atoms with Gasteiger partial charge in [0, 0.05) is 5.54 Å². The van der Waals surface area contributed by atoms with Gasteiger partial charge in [-0.15, -0.1) is 0 Å². The van der Waals surface area contributed by atoms with Gasteiger partial charge in [0.05, 0.1) is 0 Å². The summed E-state index contributed by atoms with van der Waals surface area (Å²) in [6.45, 7) is 4.53. The second-order valence-corrected chi connectivity index (χ2v) is 5.55. The van der Waals surface area contributed by atoms with E-state index in [1.807, 2.05) is 11.8 Å². The molecule has 0 saturated heterocycles. The molecule has 2 atom stereocenters. The normalized spacial score (nSPS) is 35.8. The second kappa shape index (κ2) is 4.52. The number of hydrogen-bond donors (Lipinski definition) is 1. The van der Waals surface area contributed by atoms with Crippen molar-refractivity contribution in [3.63, 3.8) is 0 Å². The lowest BCUT2D eigenvalue weighted by Crippen LogP contribution is -2.37. The molecule has 72 valence electrons. The minimum Gasteiger partial charge on any atom is -0.325 e. The first-order chi connectivity index (χ1) is 5.66. The van der Waals surface area contributed by atoms with Crippen molar-refractivity contribution in [1.29, 1.82) is 0 Å². The molecule has 1 saturated carbocycles. The summed E-state index contributed by atoms with van der Waals surface area (Å²) >= 11 is 2.01. The van der Waals surface area contributed by atoms with E-state index in [4.69, 9.17) is 5.73 Å². The van der Waals surface area contributed by atoms with E-state index in [1.54, 1.807) is 0 Å². The van der Waals surface area contributed by atoms with Gasteiger partial charge in [0.2, 0.25) is 0 Å². The Balaban J connectivity index is 2.21. The van der Waals surface area contributed by atoms with Crippen molar-refractivity contribution < 1.29 is 0 Å². The highest BCUT2D eigenvalue weighted by atomic mass is 32.2. The average Bonchev–Trinajstić information content (AvgIpc) is 2.32. The molecule has 2 N–H and O–H groups in total. The molecule has 1 aliphatic rings. The van der Waals surface area contributed by atoms with Crippen LogP contribution in [0.3, 0.4) is 0 Å². The monoisotopic (exact) mass is 187 g/mol. The molecule has 0 aliphatic heterocycles. The molecule has 0 heterocycles. The number of thioether (sulfide) groups is 1. The van der Waals surface area contributed by atoms with Crippen LogP contribution in [0.1, 0.15) is 39.5 Å². The zero-order valence-electron chi connectivity index (χ0n) is 8.31. The molecule has 0 aromatic heterocycles. The van der Waals surface area contributed by atoms with Crippen LogP contribution in [0.15, 0.2) is 0 Å². The fraction of sp³-hybridized carbons (Fsp3) is 1.00. The zero-order chi connectivity index (χ0) is 9.03. The topological polar surface area (TPSA) is 26.0 Å². The first kappa shape index (κ1) is 10.4. The molecule has 1 fully saturated rings. The van der Waals surface area contributed by atoms with E-state index < -0.39 is 0 Å². The summed E-state index contributed by atoms with van der Waals surface area (Å²) in [4.78, 5) is 0. The maximum Gasteiger partial charge on any atom is 0.0164 e. The summed E-state index contributed by atoms with van der Waals surface area (Å²) in [7, 11) is 0. The van der Waals surface area contributed by atoms with Crippen molar-refractivity contribution in [3.8, 4) is 0 Å². The molecule has 1 aliphatic carbocycles. The highest BCUT2D eigenvalue weighted by Gasteiger charge is 2.32. The lowest BCUT2D eigenvalue weighted by Gasteiger charge is -2.23. The van der Waals surface area contributed by atoms with Crippen LogP contribution in [0.2, 0.25) is 0 Å². The minimum absolute atomic E-state index is 0.196. The third-order valence-electron chi connectivity index (χ3n) is 2.84. The summed E-state index contributed by atoms with van der Waals surface area (Å²) in [5, 5.41) is 0. The van der Waals surface area contributed by atoms with E-state index in [-0.39, 0.29) is 5.54 Å². The largest absolute Gasteiger partial charge is 0.325 e. The molecule has 2 unspecified atom stereocenters.